The van der Waals surface area contributed by atoms with Gasteiger partial charge in [0.05, 0.1) is 0 Å². The van der Waals surface area contributed by atoms with E-state index < -0.39 is 12.0 Å². The summed E-state index contributed by atoms with van der Waals surface area (Å²) in [6.45, 7) is 9.05. The molecule has 1 aliphatic rings. The second-order valence-corrected chi connectivity index (χ2v) is 6.32. The van der Waals surface area contributed by atoms with Crippen LogP contribution in [0.2, 0.25) is 0 Å². The third kappa shape index (κ3) is 3.89. The van der Waals surface area contributed by atoms with Crippen LogP contribution in [0.5, 0.6) is 0 Å². The smallest absolute Gasteiger partial charge is 0.326 e. The molecule has 0 saturated carbocycles. The van der Waals surface area contributed by atoms with Crippen molar-refractivity contribution in [2.75, 3.05) is 13.1 Å². The van der Waals surface area contributed by atoms with E-state index in [4.69, 9.17) is 0 Å². The summed E-state index contributed by atoms with van der Waals surface area (Å²) in [5, 5.41) is 12.1. The molecule has 18 heavy (non-hydrogen) atoms. The first-order valence-electron chi connectivity index (χ1n) is 6.49. The molecule has 1 aliphatic heterocycles. The van der Waals surface area contributed by atoms with Gasteiger partial charge in [-0.1, -0.05) is 27.7 Å². The summed E-state index contributed by atoms with van der Waals surface area (Å²) in [6, 6.07) is -0.956. The van der Waals surface area contributed by atoms with Gasteiger partial charge in [0.2, 0.25) is 0 Å². The van der Waals surface area contributed by atoms with Crippen LogP contribution in [0.25, 0.3) is 0 Å². The standard InChI is InChI=1S/C13H24N2O3/c1-9-6-5-7-15(10(9)11(16)17)12(18)14-8-13(2,3)4/h9-10H,5-8H2,1-4H3,(H,14,18)(H,16,17). The summed E-state index contributed by atoms with van der Waals surface area (Å²) in [4.78, 5) is 24.8. The molecular weight excluding hydrogens is 232 g/mol. The zero-order valence-electron chi connectivity index (χ0n) is 11.7. The second kappa shape index (κ2) is 5.59. The highest BCUT2D eigenvalue weighted by Crippen LogP contribution is 2.23. The lowest BCUT2D eigenvalue weighted by atomic mass is 9.91. The molecule has 5 nitrogen and oxygen atoms in total. The first-order valence-corrected chi connectivity index (χ1v) is 6.49. The third-order valence-electron chi connectivity index (χ3n) is 3.22. The van der Waals surface area contributed by atoms with E-state index >= 15 is 0 Å². The minimum Gasteiger partial charge on any atom is -0.480 e. The number of nitrogens with one attached hydrogen (secondary N) is 1. The Labute approximate surface area is 109 Å². The number of carboxylic acids is 1. The summed E-state index contributed by atoms with van der Waals surface area (Å²) in [5.41, 5.74) is -0.00418. The van der Waals surface area contributed by atoms with Crippen LogP contribution < -0.4 is 5.32 Å². The molecule has 2 atom stereocenters. The van der Waals surface area contributed by atoms with Gasteiger partial charge in [-0.05, 0) is 24.2 Å². The fraction of sp³-hybridized carbons (Fsp3) is 0.846. The fourth-order valence-electron chi connectivity index (χ4n) is 2.23. The van der Waals surface area contributed by atoms with Gasteiger partial charge in [0.1, 0.15) is 6.04 Å². The average molecular weight is 256 g/mol. The lowest BCUT2D eigenvalue weighted by Gasteiger charge is -2.37. The number of rotatable bonds is 2. The molecule has 0 aromatic rings. The predicted octanol–water partition coefficient (Wildman–Crippen LogP) is 1.93. The molecule has 1 rings (SSSR count). The zero-order chi connectivity index (χ0) is 13.9. The van der Waals surface area contributed by atoms with E-state index in [2.05, 4.69) is 5.32 Å². The topological polar surface area (TPSA) is 69.6 Å². The summed E-state index contributed by atoms with van der Waals surface area (Å²) >= 11 is 0. The molecule has 104 valence electrons. The van der Waals surface area contributed by atoms with Crippen molar-refractivity contribution in [1.82, 2.24) is 10.2 Å². The molecule has 1 heterocycles. The van der Waals surface area contributed by atoms with E-state index in [9.17, 15) is 14.7 Å². The van der Waals surface area contributed by atoms with E-state index in [0.717, 1.165) is 12.8 Å². The van der Waals surface area contributed by atoms with Crippen molar-refractivity contribution in [3.63, 3.8) is 0 Å². The minimum absolute atomic E-state index is 0.00418. The Hall–Kier alpha value is -1.26. The monoisotopic (exact) mass is 256 g/mol. The molecular formula is C13H24N2O3. The van der Waals surface area contributed by atoms with Crippen LogP contribution in [0.1, 0.15) is 40.5 Å². The Morgan fingerprint density at radius 3 is 2.50 bits per heavy atom. The Balaban J connectivity index is 2.67. The van der Waals surface area contributed by atoms with Crippen LogP contribution in [-0.4, -0.2) is 41.1 Å². The predicted molar refractivity (Wildman–Crippen MR) is 69.4 cm³/mol. The maximum absolute atomic E-state index is 12.1. The Morgan fingerprint density at radius 1 is 1.39 bits per heavy atom. The van der Waals surface area contributed by atoms with Gasteiger partial charge in [-0.2, -0.15) is 0 Å². The maximum atomic E-state index is 12.1. The molecule has 0 aliphatic carbocycles. The van der Waals surface area contributed by atoms with Crippen molar-refractivity contribution in [1.29, 1.82) is 0 Å². The Kier molecular flexibility index (Phi) is 4.59. The number of urea groups is 1. The number of hydrogen-bond acceptors (Lipinski definition) is 2. The molecule has 1 saturated heterocycles. The van der Waals surface area contributed by atoms with Crippen molar-refractivity contribution in [3.8, 4) is 0 Å². The largest absolute Gasteiger partial charge is 0.480 e. The van der Waals surface area contributed by atoms with Crippen molar-refractivity contribution in [2.24, 2.45) is 11.3 Å². The van der Waals surface area contributed by atoms with Gasteiger partial charge in [0.15, 0.2) is 0 Å². The number of carbonyl (C=O) groups is 2. The number of piperidine rings is 1. The van der Waals surface area contributed by atoms with Gasteiger partial charge in [-0.15, -0.1) is 0 Å². The van der Waals surface area contributed by atoms with Gasteiger partial charge in [-0.3, -0.25) is 0 Å². The van der Waals surface area contributed by atoms with Crippen molar-refractivity contribution in [2.45, 2.75) is 46.6 Å². The highest BCUT2D eigenvalue weighted by atomic mass is 16.4. The van der Waals surface area contributed by atoms with E-state index in [0.29, 0.717) is 13.1 Å². The van der Waals surface area contributed by atoms with Crippen molar-refractivity contribution in [3.05, 3.63) is 0 Å². The molecule has 5 heteroatoms. The van der Waals surface area contributed by atoms with Gasteiger partial charge < -0.3 is 15.3 Å². The molecule has 0 aromatic carbocycles. The SMILES string of the molecule is CC1CCCN(C(=O)NCC(C)(C)C)C1C(=O)O. The van der Waals surface area contributed by atoms with Gasteiger partial charge in [0.25, 0.3) is 0 Å². The number of carboxylic acid groups (broad SMARTS) is 1. The first kappa shape index (κ1) is 14.8. The van der Waals surface area contributed by atoms with Crippen LogP contribution in [0.15, 0.2) is 0 Å². The van der Waals surface area contributed by atoms with Gasteiger partial charge in [0, 0.05) is 13.1 Å². The third-order valence-corrected chi connectivity index (χ3v) is 3.22. The Morgan fingerprint density at radius 2 is 2.00 bits per heavy atom. The summed E-state index contributed by atoms with van der Waals surface area (Å²) in [7, 11) is 0. The van der Waals surface area contributed by atoms with Crippen molar-refractivity contribution < 1.29 is 14.7 Å². The summed E-state index contributed by atoms with van der Waals surface area (Å²) in [5.74, 6) is -0.898. The number of carbonyl (C=O) groups excluding carboxylic acids is 1. The fourth-order valence-corrected chi connectivity index (χ4v) is 2.23. The van der Waals surface area contributed by atoms with Gasteiger partial charge in [-0.25, -0.2) is 9.59 Å². The van der Waals surface area contributed by atoms with E-state index in [1.54, 1.807) is 0 Å². The highest BCUT2D eigenvalue weighted by Gasteiger charge is 2.37. The van der Waals surface area contributed by atoms with Crippen LogP contribution in [0.4, 0.5) is 4.79 Å². The normalized spacial score (nSPS) is 24.8. The van der Waals surface area contributed by atoms with Crippen LogP contribution in [0, 0.1) is 11.3 Å². The number of hydrogen-bond donors (Lipinski definition) is 2. The second-order valence-electron chi connectivity index (χ2n) is 6.32. The quantitative estimate of drug-likeness (QED) is 0.793. The average Bonchev–Trinajstić information content (AvgIpc) is 2.24. The lowest BCUT2D eigenvalue weighted by Crippen LogP contribution is -2.55. The van der Waals surface area contributed by atoms with Crippen LogP contribution in [-0.2, 0) is 4.79 Å². The molecule has 0 spiro atoms. The summed E-state index contributed by atoms with van der Waals surface area (Å²) < 4.78 is 0. The lowest BCUT2D eigenvalue weighted by molar-refractivity contribution is -0.145. The van der Waals surface area contributed by atoms with Crippen molar-refractivity contribution >= 4 is 12.0 Å². The maximum Gasteiger partial charge on any atom is 0.326 e. The van der Waals surface area contributed by atoms with E-state index in [-0.39, 0.29) is 17.4 Å². The van der Waals surface area contributed by atoms with Crippen LogP contribution >= 0.6 is 0 Å². The minimum atomic E-state index is -0.909. The Bertz CT molecular complexity index is 323. The number of likely N-dealkylation sites (tertiary alicyclic amines) is 1. The first-order chi connectivity index (χ1) is 8.22. The molecule has 0 bridgehead atoms. The highest BCUT2D eigenvalue weighted by molar-refractivity contribution is 5.83. The van der Waals surface area contributed by atoms with Gasteiger partial charge >= 0.3 is 12.0 Å². The number of aliphatic carboxylic acids is 1. The summed E-state index contributed by atoms with van der Waals surface area (Å²) in [6.07, 6.45) is 1.73. The van der Waals surface area contributed by atoms with E-state index in [1.807, 2.05) is 27.7 Å². The molecule has 2 amide bonds. The molecule has 2 unspecified atom stereocenters. The van der Waals surface area contributed by atoms with E-state index in [1.165, 1.54) is 4.90 Å². The number of nitrogens with zero attached hydrogens (tertiary/aromatic N) is 1. The molecule has 2 N–H and O–H groups in total. The zero-order valence-corrected chi connectivity index (χ0v) is 11.7. The number of amides is 2. The molecule has 1 fully saturated rings. The van der Waals surface area contributed by atoms with Crippen LogP contribution in [0.3, 0.4) is 0 Å². The molecule has 0 aromatic heterocycles. The molecule has 0 radical (unpaired) electrons.